The molecule has 9 rings (SSSR count). The molecule has 0 atom stereocenters. The van der Waals surface area contributed by atoms with Crippen LogP contribution >= 0.6 is 0 Å². The van der Waals surface area contributed by atoms with Gasteiger partial charge >= 0.3 is 0 Å². The first-order chi connectivity index (χ1) is 32.9. The molecule has 70 heavy (non-hydrogen) atoms. The number of amides is 2. The van der Waals surface area contributed by atoms with E-state index in [0.717, 1.165) is 17.2 Å². The first-order valence-corrected chi connectivity index (χ1v) is 25.4. The Morgan fingerprint density at radius 1 is 0.757 bits per heavy atom. The summed E-state index contributed by atoms with van der Waals surface area (Å²) in [5, 5.41) is 16.9. The third kappa shape index (κ3) is 9.02. The normalized spacial score (nSPS) is 16.2. The van der Waals surface area contributed by atoms with Crippen molar-refractivity contribution in [2.45, 2.75) is 51.7 Å². The van der Waals surface area contributed by atoms with Crippen LogP contribution in [0.4, 0.5) is 11.4 Å². The van der Waals surface area contributed by atoms with E-state index in [1.807, 2.05) is 85.7 Å². The topological polar surface area (TPSA) is 219 Å². The summed E-state index contributed by atoms with van der Waals surface area (Å²) in [7, 11) is -6.00. The number of carboxylic acid groups (broad SMARTS) is 1. The SMILES string of the molecule is CN1c2cc3c(cc2C(CS(=O)(=O)[O-])=CC1(C)C)C(c1ccc(C(=O)NCCC(=O)N2Cc4ccccc4C#Cc4ccccc42)cc1C(=O)[O-])=c1cc2c(cc1O3)=[N+](C)C(C)(C)C=C2CS(=O)(=O)[O-]. The molecule has 358 valence electrons. The molecule has 2 amide bonds. The molecular weight excluding hydrogens is 933 g/mol. The average Bonchev–Trinajstić information content (AvgIpc) is 3.27. The van der Waals surface area contributed by atoms with Crippen LogP contribution in [-0.2, 0) is 31.6 Å². The molecule has 17 heteroatoms. The van der Waals surface area contributed by atoms with Crippen molar-refractivity contribution in [1.82, 2.24) is 9.89 Å². The van der Waals surface area contributed by atoms with Crippen LogP contribution < -0.4 is 40.1 Å². The highest BCUT2D eigenvalue weighted by Gasteiger charge is 2.37. The van der Waals surface area contributed by atoms with Crippen molar-refractivity contribution < 1.29 is 50.2 Å². The standard InChI is InChI=1S/C53H48N4O11S2/c1-52(2)26-35(29-69(62,63)64)38-22-41-46(24-44(38)55(52)5)68-47-25-45-39(36(30-70(65,66)67)27-53(3,4)56(45)6)23-42(47)49(41)37-18-17-33(21-40(37)51(60)61)50(59)54-20-19-48(58)57-28-34-13-8-7-11-31(34)15-16-32-12-9-10-14-43(32)57/h7-14,17-18,21-27H,19-20,28-30H2,1-6H3,(H3-,54,59,60,61,62,63,64,65,66,67)/p-2. The molecule has 0 saturated carbocycles. The van der Waals surface area contributed by atoms with Gasteiger partial charge in [0.2, 0.25) is 11.3 Å². The van der Waals surface area contributed by atoms with Gasteiger partial charge < -0.3 is 38.9 Å². The van der Waals surface area contributed by atoms with Crippen LogP contribution in [0.3, 0.4) is 0 Å². The van der Waals surface area contributed by atoms with Crippen molar-refractivity contribution in [2.24, 2.45) is 0 Å². The first kappa shape index (κ1) is 47.7. The minimum atomic E-state index is -4.80. The summed E-state index contributed by atoms with van der Waals surface area (Å²) >= 11 is 0. The first-order valence-electron chi connectivity index (χ1n) is 22.2. The lowest BCUT2D eigenvalue weighted by Gasteiger charge is -2.42. The summed E-state index contributed by atoms with van der Waals surface area (Å²) in [6, 6.07) is 25.4. The largest absolute Gasteiger partial charge is 0.748 e. The molecule has 0 aliphatic carbocycles. The van der Waals surface area contributed by atoms with Crippen molar-refractivity contribution in [3.8, 4) is 23.3 Å². The van der Waals surface area contributed by atoms with Crippen LogP contribution in [0.15, 0.2) is 103 Å². The second kappa shape index (κ2) is 17.2. The van der Waals surface area contributed by atoms with Crippen molar-refractivity contribution in [3.05, 3.63) is 164 Å². The highest BCUT2D eigenvalue weighted by Crippen LogP contribution is 2.47. The van der Waals surface area contributed by atoms with Crippen LogP contribution in [0.1, 0.15) is 93.8 Å². The fourth-order valence-corrected chi connectivity index (χ4v) is 10.8. The summed E-state index contributed by atoms with van der Waals surface area (Å²) in [5.41, 5.74) is 3.16. The number of para-hydroxylation sites is 1. The number of carboxylic acids is 1. The highest BCUT2D eigenvalue weighted by atomic mass is 32.2. The number of aromatic carboxylic acids is 1. The summed E-state index contributed by atoms with van der Waals surface area (Å²) in [6.07, 6.45) is 3.25. The molecule has 4 aliphatic heterocycles. The number of carbonyl (C=O) groups is 3. The Hall–Kier alpha value is -7.36. The summed E-state index contributed by atoms with van der Waals surface area (Å²) in [4.78, 5) is 44.6. The highest BCUT2D eigenvalue weighted by molar-refractivity contribution is 7.86. The minimum absolute atomic E-state index is 0.0505. The van der Waals surface area contributed by atoms with E-state index < -0.39 is 60.3 Å². The van der Waals surface area contributed by atoms with Gasteiger partial charge in [-0.15, -0.1) is 0 Å². The molecule has 1 N–H and O–H groups in total. The third-order valence-corrected chi connectivity index (χ3v) is 14.7. The molecule has 4 aliphatic rings. The van der Waals surface area contributed by atoms with Gasteiger partial charge in [-0.1, -0.05) is 54.3 Å². The lowest BCUT2D eigenvalue weighted by atomic mass is 9.83. The van der Waals surface area contributed by atoms with E-state index in [9.17, 15) is 45.4 Å². The average molecular weight is 979 g/mol. The molecule has 0 unspecified atom stereocenters. The number of likely N-dealkylation sites (N-methyl/N-ethyl adjacent to an activating group) is 2. The Morgan fingerprint density at radius 3 is 2.11 bits per heavy atom. The molecule has 0 aromatic heterocycles. The number of anilines is 2. The van der Waals surface area contributed by atoms with Crippen LogP contribution in [0.25, 0.3) is 16.7 Å². The fraction of sp³-hybridized carbons (Fsp3) is 0.245. The van der Waals surface area contributed by atoms with Gasteiger partial charge in [0.25, 0.3) is 5.91 Å². The Labute approximate surface area is 405 Å². The summed E-state index contributed by atoms with van der Waals surface area (Å²) in [6.45, 7) is 7.56. The second-order valence-corrected chi connectivity index (χ2v) is 21.6. The molecule has 0 fully saturated rings. The Balaban J connectivity index is 1.14. The van der Waals surface area contributed by atoms with Gasteiger partial charge in [0, 0.05) is 89.8 Å². The molecule has 5 aromatic carbocycles. The zero-order chi connectivity index (χ0) is 50.2. The number of nitrogens with one attached hydrogen (secondary N) is 1. The molecular formula is C53H46N4O11S2-2. The maximum Gasteiger partial charge on any atom is 0.251 e. The lowest BCUT2D eigenvalue weighted by molar-refractivity contribution is -0.255. The van der Waals surface area contributed by atoms with Crippen LogP contribution in [0.2, 0.25) is 0 Å². The van der Waals surface area contributed by atoms with E-state index in [1.54, 1.807) is 55.4 Å². The van der Waals surface area contributed by atoms with Crippen molar-refractivity contribution in [1.29, 1.82) is 0 Å². The number of ether oxygens (including phenoxy) is 1. The second-order valence-electron chi connectivity index (χ2n) is 18.8. The Morgan fingerprint density at radius 2 is 1.41 bits per heavy atom. The number of hydrogen-bond donors (Lipinski definition) is 1. The Kier molecular flexibility index (Phi) is 11.8. The number of carbonyl (C=O) groups excluding carboxylic acids is 3. The number of hydrogen-bond acceptors (Lipinski definition) is 12. The predicted molar refractivity (Wildman–Crippen MR) is 260 cm³/mol. The molecule has 0 spiro atoms. The van der Waals surface area contributed by atoms with E-state index in [-0.39, 0.29) is 75.5 Å². The van der Waals surface area contributed by atoms with E-state index >= 15 is 0 Å². The number of rotatable bonds is 10. The van der Waals surface area contributed by atoms with Gasteiger partial charge in [-0.05, 0) is 84.7 Å². The zero-order valence-electron chi connectivity index (χ0n) is 39.0. The smallest absolute Gasteiger partial charge is 0.251 e. The van der Waals surface area contributed by atoms with Crippen molar-refractivity contribution in [3.63, 3.8) is 0 Å². The van der Waals surface area contributed by atoms with Crippen molar-refractivity contribution >= 4 is 66.1 Å². The molecule has 4 heterocycles. The molecule has 0 saturated heterocycles. The van der Waals surface area contributed by atoms with Crippen LogP contribution in [0, 0.1) is 11.8 Å². The quantitative estimate of drug-likeness (QED) is 0.119. The molecule has 15 nitrogen and oxygen atoms in total. The monoisotopic (exact) mass is 978 g/mol. The van der Waals surface area contributed by atoms with E-state index in [1.165, 1.54) is 12.1 Å². The van der Waals surface area contributed by atoms with Gasteiger partial charge in [-0.3, -0.25) is 9.59 Å². The number of benzene rings is 5. The minimum Gasteiger partial charge on any atom is -0.748 e. The van der Waals surface area contributed by atoms with Gasteiger partial charge in [0.05, 0.1) is 67.1 Å². The predicted octanol–water partition coefficient (Wildman–Crippen LogP) is 3.47. The Bertz CT molecular complexity index is 3660. The summed E-state index contributed by atoms with van der Waals surface area (Å²) in [5.74, 6) is 2.52. The van der Waals surface area contributed by atoms with E-state index in [4.69, 9.17) is 4.74 Å². The third-order valence-electron chi connectivity index (χ3n) is 13.4. The van der Waals surface area contributed by atoms with Crippen LogP contribution in [-0.4, -0.2) is 86.9 Å². The maximum absolute atomic E-state index is 13.9. The number of fused-ring (bicyclic) bond motifs is 6. The van der Waals surface area contributed by atoms with E-state index in [0.29, 0.717) is 33.4 Å². The van der Waals surface area contributed by atoms with Gasteiger partial charge in [0.1, 0.15) is 18.5 Å². The molecule has 0 bridgehead atoms. The lowest BCUT2D eigenvalue weighted by Crippen LogP contribution is -2.47. The fourth-order valence-electron chi connectivity index (χ4n) is 9.56. The molecule has 0 radical (unpaired) electrons. The van der Waals surface area contributed by atoms with Gasteiger partial charge in [0.15, 0.2) is 5.54 Å². The molecule has 5 aromatic rings. The maximum atomic E-state index is 13.9. The number of nitrogens with zero attached hydrogens (tertiary/aromatic N) is 3. The van der Waals surface area contributed by atoms with Gasteiger partial charge in [-0.2, -0.15) is 0 Å². The van der Waals surface area contributed by atoms with Gasteiger partial charge in [-0.25, -0.2) is 21.4 Å². The van der Waals surface area contributed by atoms with Crippen molar-refractivity contribution in [2.75, 3.05) is 41.9 Å². The van der Waals surface area contributed by atoms with E-state index in [2.05, 4.69) is 17.2 Å². The zero-order valence-corrected chi connectivity index (χ0v) is 40.6. The summed E-state index contributed by atoms with van der Waals surface area (Å²) < 4.78 is 82.5. The van der Waals surface area contributed by atoms with Crippen LogP contribution in [0.5, 0.6) is 11.5 Å².